The van der Waals surface area contributed by atoms with Crippen molar-refractivity contribution in [2.24, 2.45) is 0 Å². The first kappa shape index (κ1) is 56.6. The molecule has 0 saturated carbocycles. The smallest absolute Gasteiger partial charge is 0.306 e. The van der Waals surface area contributed by atoms with E-state index in [1.807, 2.05) is 18.2 Å². The maximum Gasteiger partial charge on any atom is 0.306 e. The molecule has 12 nitrogen and oxygen atoms in total. The lowest BCUT2D eigenvalue weighted by molar-refractivity contribution is -0.297. The molecular formula is C49H78O12S. The van der Waals surface area contributed by atoms with Gasteiger partial charge in [-0.05, 0) is 83.5 Å². The fraction of sp³-hybridized carbons (Fsp3) is 0.633. The van der Waals surface area contributed by atoms with Gasteiger partial charge in [0, 0.05) is 12.8 Å². The van der Waals surface area contributed by atoms with Gasteiger partial charge in [-0.15, -0.1) is 0 Å². The minimum Gasteiger partial charge on any atom is -0.462 e. The summed E-state index contributed by atoms with van der Waals surface area (Å²) in [5, 5.41) is 30.9. The summed E-state index contributed by atoms with van der Waals surface area (Å²) >= 11 is 0. The summed E-state index contributed by atoms with van der Waals surface area (Å²) in [7, 11) is -4.62. The Morgan fingerprint density at radius 3 is 1.58 bits per heavy atom. The van der Waals surface area contributed by atoms with E-state index in [4.69, 9.17) is 18.9 Å². The SMILES string of the molecule is CC/C=C/C/C=C/C/C=C/CCCCCCCC(=O)OC[C@H](CO[C@H]1O[C@H](CS(=O)(=O)O)[C@@H](O)C(O)C1O)OC(=O)CC/C=C/C/C=C/C/C=C/C/C=C/C/C=C/CCCCC. The van der Waals surface area contributed by atoms with Crippen LogP contribution in [-0.2, 0) is 38.7 Å². The third-order valence-electron chi connectivity index (χ3n) is 9.66. The first-order chi connectivity index (χ1) is 30.0. The van der Waals surface area contributed by atoms with Crippen molar-refractivity contribution in [3.05, 3.63) is 97.2 Å². The number of carbonyl (C=O) groups excluding carboxylic acids is 2. The van der Waals surface area contributed by atoms with E-state index in [0.29, 0.717) is 19.3 Å². The Morgan fingerprint density at radius 1 is 0.565 bits per heavy atom. The Labute approximate surface area is 373 Å². The van der Waals surface area contributed by atoms with E-state index in [2.05, 4.69) is 92.8 Å². The summed E-state index contributed by atoms with van der Waals surface area (Å²) in [6, 6.07) is 0. The van der Waals surface area contributed by atoms with Gasteiger partial charge < -0.3 is 34.3 Å². The van der Waals surface area contributed by atoms with Gasteiger partial charge in [0.05, 0.1) is 6.61 Å². The van der Waals surface area contributed by atoms with E-state index in [0.717, 1.165) is 77.0 Å². The van der Waals surface area contributed by atoms with E-state index in [9.17, 15) is 37.9 Å². The minimum atomic E-state index is -4.62. The van der Waals surface area contributed by atoms with Crippen LogP contribution in [0.2, 0.25) is 0 Å². The Balaban J connectivity index is 2.53. The van der Waals surface area contributed by atoms with E-state index in [1.54, 1.807) is 0 Å². The first-order valence-corrected chi connectivity index (χ1v) is 24.4. The molecule has 0 aliphatic carbocycles. The van der Waals surface area contributed by atoms with E-state index in [1.165, 1.54) is 19.3 Å². The van der Waals surface area contributed by atoms with Crippen LogP contribution in [0.15, 0.2) is 97.2 Å². The fourth-order valence-electron chi connectivity index (χ4n) is 6.14. The molecule has 352 valence electrons. The normalized spacial score (nSPS) is 20.8. The maximum atomic E-state index is 12.8. The van der Waals surface area contributed by atoms with Gasteiger partial charge in [-0.25, -0.2) is 0 Å². The van der Waals surface area contributed by atoms with Crippen LogP contribution >= 0.6 is 0 Å². The lowest BCUT2D eigenvalue weighted by Crippen LogP contribution is -2.60. The zero-order chi connectivity index (χ0) is 45.5. The Morgan fingerprint density at radius 2 is 1.05 bits per heavy atom. The quantitative estimate of drug-likeness (QED) is 0.0202. The van der Waals surface area contributed by atoms with Crippen molar-refractivity contribution < 1.29 is 56.8 Å². The molecule has 0 spiro atoms. The maximum absolute atomic E-state index is 12.8. The highest BCUT2D eigenvalue weighted by Gasteiger charge is 2.46. The average Bonchev–Trinajstić information content (AvgIpc) is 3.24. The molecule has 0 radical (unpaired) electrons. The molecule has 1 heterocycles. The van der Waals surface area contributed by atoms with E-state index < -0.39 is 71.2 Å². The fourth-order valence-corrected chi connectivity index (χ4v) is 6.83. The molecular weight excluding hydrogens is 813 g/mol. The van der Waals surface area contributed by atoms with E-state index in [-0.39, 0.29) is 19.4 Å². The number of unbranched alkanes of at least 4 members (excludes halogenated alkanes) is 8. The van der Waals surface area contributed by atoms with Crippen LogP contribution < -0.4 is 0 Å². The van der Waals surface area contributed by atoms with E-state index >= 15 is 0 Å². The van der Waals surface area contributed by atoms with Gasteiger partial charge in [0.15, 0.2) is 12.4 Å². The number of allylic oxidation sites excluding steroid dienone is 16. The summed E-state index contributed by atoms with van der Waals surface area (Å²) < 4.78 is 54.0. The van der Waals surface area contributed by atoms with Crippen LogP contribution in [0.3, 0.4) is 0 Å². The van der Waals surface area contributed by atoms with Gasteiger partial charge in [0.1, 0.15) is 36.8 Å². The zero-order valence-corrected chi connectivity index (χ0v) is 38.2. The van der Waals surface area contributed by atoms with Crippen LogP contribution in [0.1, 0.15) is 142 Å². The summed E-state index contributed by atoms with van der Waals surface area (Å²) in [6.07, 6.45) is 41.8. The van der Waals surface area contributed by atoms with Crippen molar-refractivity contribution in [3.8, 4) is 0 Å². The molecule has 2 unspecified atom stereocenters. The average molecular weight is 891 g/mol. The third-order valence-corrected chi connectivity index (χ3v) is 10.4. The molecule has 13 heteroatoms. The molecule has 0 aromatic carbocycles. The molecule has 4 N–H and O–H groups in total. The van der Waals surface area contributed by atoms with Gasteiger partial charge >= 0.3 is 11.9 Å². The van der Waals surface area contributed by atoms with Crippen LogP contribution in [0, 0.1) is 0 Å². The summed E-state index contributed by atoms with van der Waals surface area (Å²) in [4.78, 5) is 25.4. The predicted octanol–water partition coefficient (Wildman–Crippen LogP) is 9.44. The van der Waals surface area contributed by atoms with Gasteiger partial charge in [0.25, 0.3) is 10.1 Å². The number of hydrogen-bond donors (Lipinski definition) is 4. The second-order valence-corrected chi connectivity index (χ2v) is 16.8. The number of ether oxygens (including phenoxy) is 4. The van der Waals surface area contributed by atoms with Crippen LogP contribution in [0.25, 0.3) is 0 Å². The molecule has 1 rings (SSSR count). The van der Waals surface area contributed by atoms with Crippen LogP contribution in [0.4, 0.5) is 0 Å². The molecule has 0 aromatic rings. The number of rotatable bonds is 36. The Kier molecular flexibility index (Phi) is 34.7. The Bertz CT molecular complexity index is 1510. The van der Waals surface area contributed by atoms with Crippen molar-refractivity contribution in [1.29, 1.82) is 0 Å². The van der Waals surface area contributed by atoms with Gasteiger partial charge in [-0.2, -0.15) is 8.42 Å². The molecule has 0 aromatic heterocycles. The van der Waals surface area contributed by atoms with Crippen LogP contribution in [0.5, 0.6) is 0 Å². The van der Waals surface area contributed by atoms with Crippen molar-refractivity contribution in [1.82, 2.24) is 0 Å². The number of carbonyl (C=O) groups is 2. The molecule has 0 bridgehead atoms. The van der Waals surface area contributed by atoms with Gasteiger partial charge in [0.2, 0.25) is 0 Å². The number of aliphatic hydroxyl groups excluding tert-OH is 3. The molecule has 6 atom stereocenters. The summed E-state index contributed by atoms with van der Waals surface area (Å²) in [6.45, 7) is 3.53. The monoisotopic (exact) mass is 891 g/mol. The number of hydrogen-bond acceptors (Lipinski definition) is 11. The van der Waals surface area contributed by atoms with Crippen molar-refractivity contribution in [2.45, 2.75) is 179 Å². The molecule has 1 aliphatic heterocycles. The second kappa shape index (κ2) is 38.1. The summed E-state index contributed by atoms with van der Waals surface area (Å²) in [5.41, 5.74) is 0. The first-order valence-electron chi connectivity index (χ1n) is 22.8. The molecule has 1 aliphatic rings. The Hall–Kier alpha value is -3.43. The minimum absolute atomic E-state index is 0.0310. The second-order valence-electron chi connectivity index (χ2n) is 15.3. The van der Waals surface area contributed by atoms with Gasteiger partial charge in [-0.3, -0.25) is 14.1 Å². The number of esters is 2. The highest BCUT2D eigenvalue weighted by Crippen LogP contribution is 2.24. The van der Waals surface area contributed by atoms with Crippen LogP contribution in [-0.4, -0.2) is 96.0 Å². The summed E-state index contributed by atoms with van der Waals surface area (Å²) in [5.74, 6) is -2.13. The van der Waals surface area contributed by atoms with Crippen molar-refractivity contribution in [2.75, 3.05) is 19.0 Å². The highest BCUT2D eigenvalue weighted by atomic mass is 32.2. The lowest BCUT2D eigenvalue weighted by Gasteiger charge is -2.40. The largest absolute Gasteiger partial charge is 0.462 e. The lowest BCUT2D eigenvalue weighted by atomic mass is 10.00. The molecule has 0 amide bonds. The van der Waals surface area contributed by atoms with Crippen molar-refractivity contribution in [3.63, 3.8) is 0 Å². The molecule has 1 saturated heterocycles. The van der Waals surface area contributed by atoms with Crippen molar-refractivity contribution >= 4 is 22.1 Å². The predicted molar refractivity (Wildman–Crippen MR) is 247 cm³/mol. The molecule has 1 fully saturated rings. The standard InChI is InChI=1S/C49H78O12S/c1-3-5-7-9-11-13-15-17-19-20-21-22-24-26-28-30-32-34-36-38-45(51)60-42(40-59-49-48(54)47(53)46(52)43(61-49)41-62(55,56)57)39-58-44(50)37-35-33-31-29-27-25-23-18-16-14-12-10-8-6-4-2/h6,8,11-14,17-19,21-23,26,28,32,34,42-43,46-49,52-54H,3-5,7,9-10,15-16,20,24-25,27,29-31,33,35-41H2,1-2H3,(H,55,56,57)/b8-6+,13-11+,14-12+,19-17+,22-21+,23-18+,28-26+,34-32+/t42-,43-,46-,47?,48?,49+/m1/s1. The van der Waals surface area contributed by atoms with Gasteiger partial charge in [-0.1, -0.05) is 143 Å². The third kappa shape index (κ3) is 32.3. The zero-order valence-electron chi connectivity index (χ0n) is 37.4. The number of aliphatic hydroxyl groups is 3. The molecule has 62 heavy (non-hydrogen) atoms. The highest BCUT2D eigenvalue weighted by molar-refractivity contribution is 7.85. The topological polar surface area (TPSA) is 186 Å².